The zero-order valence-corrected chi connectivity index (χ0v) is 13.4. The molecule has 1 fully saturated rings. The van der Waals surface area contributed by atoms with Gasteiger partial charge in [-0.05, 0) is 25.0 Å². The van der Waals surface area contributed by atoms with Gasteiger partial charge in [-0.1, -0.05) is 0 Å². The van der Waals surface area contributed by atoms with Crippen LogP contribution in [-0.4, -0.2) is 53.5 Å². The molecule has 0 amide bonds. The number of aromatic nitrogens is 3. The number of ether oxygens (including phenoxy) is 1. The van der Waals surface area contributed by atoms with Crippen LogP contribution < -0.4 is 0 Å². The second kappa shape index (κ2) is 7.12. The Morgan fingerprint density at radius 3 is 2.83 bits per heavy atom. The summed E-state index contributed by atoms with van der Waals surface area (Å²) < 4.78 is 32.6. The van der Waals surface area contributed by atoms with Crippen LogP contribution in [0.1, 0.15) is 12.1 Å². The highest BCUT2D eigenvalue weighted by Gasteiger charge is 2.33. The lowest BCUT2D eigenvalue weighted by Crippen LogP contribution is -2.48. The van der Waals surface area contributed by atoms with Crippen molar-refractivity contribution in [3.8, 4) is 0 Å². The molecule has 0 spiro atoms. The average Bonchev–Trinajstić information content (AvgIpc) is 2.62. The van der Waals surface area contributed by atoms with Gasteiger partial charge < -0.3 is 4.74 Å². The Morgan fingerprint density at radius 2 is 2.09 bits per heavy atom. The van der Waals surface area contributed by atoms with Gasteiger partial charge in [-0.25, -0.2) is 8.42 Å². The predicted octanol–water partition coefficient (Wildman–Crippen LogP) is 0.894. The number of hydrogen-bond donors (Lipinski definition) is 0. The van der Waals surface area contributed by atoms with Crippen molar-refractivity contribution in [2.75, 3.05) is 19.8 Å². The van der Waals surface area contributed by atoms with E-state index in [1.165, 1.54) is 10.5 Å². The van der Waals surface area contributed by atoms with Gasteiger partial charge in [0.1, 0.15) is 4.90 Å². The van der Waals surface area contributed by atoms with Crippen LogP contribution >= 0.6 is 0 Å². The van der Waals surface area contributed by atoms with E-state index in [-0.39, 0.29) is 10.9 Å². The Hall–Kier alpha value is -1.90. The second-order valence-electron chi connectivity index (χ2n) is 5.27. The smallest absolute Gasteiger partial charge is 0.245 e. The molecule has 3 heterocycles. The van der Waals surface area contributed by atoms with Crippen LogP contribution in [0.3, 0.4) is 0 Å². The van der Waals surface area contributed by atoms with Crippen LogP contribution in [0.2, 0.25) is 0 Å². The molecule has 2 aromatic rings. The lowest BCUT2D eigenvalue weighted by Gasteiger charge is -2.34. The van der Waals surface area contributed by atoms with Gasteiger partial charge in [-0.3, -0.25) is 15.0 Å². The molecular formula is C15H18N4O3S. The molecule has 1 atom stereocenters. The predicted molar refractivity (Wildman–Crippen MR) is 83.1 cm³/mol. The van der Waals surface area contributed by atoms with Crippen LogP contribution in [0.4, 0.5) is 0 Å². The number of aryl methyl sites for hydroxylation is 1. The summed E-state index contributed by atoms with van der Waals surface area (Å²) in [6, 6.07) is 2.98. The van der Waals surface area contributed by atoms with Gasteiger partial charge >= 0.3 is 0 Å². The van der Waals surface area contributed by atoms with Crippen molar-refractivity contribution in [3.05, 3.63) is 48.8 Å². The third kappa shape index (κ3) is 3.72. The van der Waals surface area contributed by atoms with E-state index in [4.69, 9.17) is 4.74 Å². The van der Waals surface area contributed by atoms with Crippen molar-refractivity contribution in [1.29, 1.82) is 0 Å². The Balaban J connectivity index is 1.76. The largest absolute Gasteiger partial charge is 0.378 e. The standard InChI is InChI=1S/C15H18N4O3S/c20-23(21,15-2-1-5-16-11-15)19-8-9-22-12-14(19)4-3-13-10-17-6-7-18-13/h1-2,5-7,10-11,14H,3-4,8-9,12H2. The molecule has 1 saturated heterocycles. The Bertz CT molecular complexity index is 725. The van der Waals surface area contributed by atoms with E-state index in [9.17, 15) is 8.42 Å². The van der Waals surface area contributed by atoms with Crippen molar-refractivity contribution >= 4 is 10.0 Å². The maximum absolute atomic E-state index is 12.8. The summed E-state index contributed by atoms with van der Waals surface area (Å²) in [4.78, 5) is 12.4. The second-order valence-corrected chi connectivity index (χ2v) is 7.16. The highest BCUT2D eigenvalue weighted by molar-refractivity contribution is 7.89. The van der Waals surface area contributed by atoms with Crippen LogP contribution in [0.5, 0.6) is 0 Å². The minimum Gasteiger partial charge on any atom is -0.378 e. The summed E-state index contributed by atoms with van der Waals surface area (Å²) in [7, 11) is -3.56. The highest BCUT2D eigenvalue weighted by atomic mass is 32.2. The molecule has 23 heavy (non-hydrogen) atoms. The fourth-order valence-corrected chi connectivity index (χ4v) is 4.18. The van der Waals surface area contributed by atoms with Crippen molar-refractivity contribution in [2.24, 2.45) is 0 Å². The summed E-state index contributed by atoms with van der Waals surface area (Å²) >= 11 is 0. The van der Waals surface area contributed by atoms with E-state index in [2.05, 4.69) is 15.0 Å². The Labute approximate surface area is 135 Å². The van der Waals surface area contributed by atoms with Crippen molar-refractivity contribution in [3.63, 3.8) is 0 Å². The quantitative estimate of drug-likeness (QED) is 0.807. The van der Waals surface area contributed by atoms with Crippen LogP contribution in [0.15, 0.2) is 48.0 Å². The maximum atomic E-state index is 12.8. The van der Waals surface area contributed by atoms with Gasteiger partial charge in [0.2, 0.25) is 10.0 Å². The Morgan fingerprint density at radius 1 is 1.22 bits per heavy atom. The highest BCUT2D eigenvalue weighted by Crippen LogP contribution is 2.22. The molecule has 122 valence electrons. The fourth-order valence-electron chi connectivity index (χ4n) is 2.59. The average molecular weight is 334 g/mol. The molecule has 8 heteroatoms. The first-order chi connectivity index (χ1) is 11.2. The van der Waals surface area contributed by atoms with E-state index in [1.807, 2.05) is 0 Å². The normalized spacial score (nSPS) is 19.6. The summed E-state index contributed by atoms with van der Waals surface area (Å²) in [6.07, 6.45) is 9.18. The Kier molecular flexibility index (Phi) is 4.94. The molecule has 0 aromatic carbocycles. The lowest BCUT2D eigenvalue weighted by atomic mass is 10.1. The van der Waals surface area contributed by atoms with Gasteiger partial charge in [0, 0.05) is 43.6 Å². The molecule has 0 aliphatic carbocycles. The SMILES string of the molecule is O=S(=O)(c1cccnc1)N1CCOCC1CCc1cnccn1. The fraction of sp³-hybridized carbons (Fsp3) is 0.400. The topological polar surface area (TPSA) is 85.3 Å². The first-order valence-corrected chi connectivity index (χ1v) is 8.86. The summed E-state index contributed by atoms with van der Waals surface area (Å²) in [5.41, 5.74) is 0.844. The van der Waals surface area contributed by atoms with Crippen molar-refractivity contribution in [2.45, 2.75) is 23.8 Å². The number of nitrogens with zero attached hydrogens (tertiary/aromatic N) is 4. The first-order valence-electron chi connectivity index (χ1n) is 7.42. The van der Waals surface area contributed by atoms with Gasteiger partial charge in [-0.2, -0.15) is 4.31 Å². The molecule has 1 unspecified atom stereocenters. The van der Waals surface area contributed by atoms with E-state index >= 15 is 0 Å². The summed E-state index contributed by atoms with van der Waals surface area (Å²) in [5, 5.41) is 0. The number of hydrogen-bond acceptors (Lipinski definition) is 6. The molecule has 0 bridgehead atoms. The maximum Gasteiger partial charge on any atom is 0.245 e. The molecule has 0 N–H and O–H groups in total. The lowest BCUT2D eigenvalue weighted by molar-refractivity contribution is 0.0297. The summed E-state index contributed by atoms with van der Waals surface area (Å²) in [6.45, 7) is 1.14. The molecule has 1 aliphatic rings. The number of rotatable bonds is 5. The van der Waals surface area contributed by atoms with Gasteiger partial charge in [-0.15, -0.1) is 0 Å². The van der Waals surface area contributed by atoms with E-state index in [0.29, 0.717) is 32.6 Å². The van der Waals surface area contributed by atoms with Crippen LogP contribution in [0, 0.1) is 0 Å². The third-order valence-electron chi connectivity index (χ3n) is 3.76. The van der Waals surface area contributed by atoms with E-state index in [0.717, 1.165) is 5.69 Å². The van der Waals surface area contributed by atoms with Gasteiger partial charge in [0.05, 0.1) is 18.9 Å². The van der Waals surface area contributed by atoms with Crippen LogP contribution in [-0.2, 0) is 21.2 Å². The minimum absolute atomic E-state index is 0.212. The first kappa shape index (κ1) is 16.0. The molecule has 2 aromatic heterocycles. The van der Waals surface area contributed by atoms with Gasteiger partial charge in [0.15, 0.2) is 0 Å². The van der Waals surface area contributed by atoms with Crippen LogP contribution in [0.25, 0.3) is 0 Å². The molecule has 7 nitrogen and oxygen atoms in total. The molecule has 3 rings (SSSR count). The third-order valence-corrected chi connectivity index (χ3v) is 5.70. The molecular weight excluding hydrogens is 316 g/mol. The number of morpholine rings is 1. The number of sulfonamides is 1. The van der Waals surface area contributed by atoms with Crippen molar-refractivity contribution in [1.82, 2.24) is 19.3 Å². The zero-order valence-electron chi connectivity index (χ0n) is 12.6. The van der Waals surface area contributed by atoms with Gasteiger partial charge in [0.25, 0.3) is 0 Å². The molecule has 0 saturated carbocycles. The molecule has 1 aliphatic heterocycles. The summed E-state index contributed by atoms with van der Waals surface area (Å²) in [5.74, 6) is 0. The zero-order chi connectivity index (χ0) is 16.1. The van der Waals surface area contributed by atoms with E-state index in [1.54, 1.807) is 36.9 Å². The van der Waals surface area contributed by atoms with Crippen molar-refractivity contribution < 1.29 is 13.2 Å². The minimum atomic E-state index is -3.56. The molecule has 0 radical (unpaired) electrons. The number of pyridine rings is 1. The van der Waals surface area contributed by atoms with E-state index < -0.39 is 10.0 Å². The monoisotopic (exact) mass is 334 g/mol.